The van der Waals surface area contributed by atoms with Gasteiger partial charge in [-0.2, -0.15) is 0 Å². The first-order valence-electron chi connectivity index (χ1n) is 6.59. The van der Waals surface area contributed by atoms with E-state index in [1.54, 1.807) is 18.5 Å². The van der Waals surface area contributed by atoms with Gasteiger partial charge in [0.05, 0.1) is 17.4 Å². The zero-order valence-corrected chi connectivity index (χ0v) is 11.3. The van der Waals surface area contributed by atoms with Gasteiger partial charge < -0.3 is 10.2 Å². The number of hydrogen-bond donors (Lipinski definition) is 1. The first-order chi connectivity index (χ1) is 8.65. The van der Waals surface area contributed by atoms with Crippen molar-refractivity contribution >= 4 is 11.6 Å². The Morgan fingerprint density at radius 2 is 2.06 bits per heavy atom. The van der Waals surface area contributed by atoms with Gasteiger partial charge in [0.25, 0.3) is 5.91 Å². The SMILES string of the molecule is CNc1cnccc1C(=O)N1[C@H](C)CCC[C@@H]1C. The fraction of sp³-hybridized carbons (Fsp3) is 0.571. The van der Waals surface area contributed by atoms with Gasteiger partial charge >= 0.3 is 0 Å². The van der Waals surface area contributed by atoms with Gasteiger partial charge in [-0.25, -0.2) is 0 Å². The second-order valence-corrected chi connectivity index (χ2v) is 5.01. The predicted octanol–water partition coefficient (Wildman–Crippen LogP) is 2.53. The number of nitrogens with one attached hydrogen (secondary N) is 1. The zero-order chi connectivity index (χ0) is 13.1. The van der Waals surface area contributed by atoms with E-state index in [0.717, 1.165) is 18.5 Å². The molecule has 2 rings (SSSR count). The molecule has 98 valence electrons. The number of carbonyl (C=O) groups is 1. The van der Waals surface area contributed by atoms with Crippen LogP contribution in [0.25, 0.3) is 0 Å². The summed E-state index contributed by atoms with van der Waals surface area (Å²) in [6, 6.07) is 2.43. The summed E-state index contributed by atoms with van der Waals surface area (Å²) in [6.07, 6.45) is 6.77. The Bertz CT molecular complexity index is 423. The van der Waals surface area contributed by atoms with Crippen LogP contribution in [0.5, 0.6) is 0 Å². The Morgan fingerprint density at radius 3 is 2.67 bits per heavy atom. The number of anilines is 1. The fourth-order valence-corrected chi connectivity index (χ4v) is 2.74. The normalized spacial score (nSPS) is 23.8. The molecule has 4 nitrogen and oxygen atoms in total. The lowest BCUT2D eigenvalue weighted by Crippen LogP contribution is -2.47. The molecule has 1 saturated heterocycles. The minimum Gasteiger partial charge on any atom is -0.386 e. The van der Waals surface area contributed by atoms with Crippen molar-refractivity contribution in [3.05, 3.63) is 24.0 Å². The van der Waals surface area contributed by atoms with Crippen molar-refractivity contribution in [2.45, 2.75) is 45.2 Å². The van der Waals surface area contributed by atoms with Gasteiger partial charge in [-0.1, -0.05) is 0 Å². The molecule has 1 fully saturated rings. The third-order valence-electron chi connectivity index (χ3n) is 3.75. The molecule has 0 bridgehead atoms. The average molecular weight is 247 g/mol. The first kappa shape index (κ1) is 12.9. The number of hydrogen-bond acceptors (Lipinski definition) is 3. The minimum atomic E-state index is 0.112. The largest absolute Gasteiger partial charge is 0.386 e. The van der Waals surface area contributed by atoms with Crippen molar-refractivity contribution in [2.24, 2.45) is 0 Å². The molecular weight excluding hydrogens is 226 g/mol. The Morgan fingerprint density at radius 1 is 1.39 bits per heavy atom. The summed E-state index contributed by atoms with van der Waals surface area (Å²) in [5, 5.41) is 3.04. The molecule has 1 aliphatic heterocycles. The molecule has 2 atom stereocenters. The highest BCUT2D eigenvalue weighted by atomic mass is 16.2. The predicted molar refractivity (Wildman–Crippen MR) is 72.7 cm³/mol. The molecule has 1 aromatic heterocycles. The third-order valence-corrected chi connectivity index (χ3v) is 3.75. The topological polar surface area (TPSA) is 45.2 Å². The highest BCUT2D eigenvalue weighted by Gasteiger charge is 2.30. The number of pyridine rings is 1. The molecule has 1 aliphatic rings. The summed E-state index contributed by atoms with van der Waals surface area (Å²) in [5.41, 5.74) is 1.51. The van der Waals surface area contributed by atoms with Crippen molar-refractivity contribution in [1.82, 2.24) is 9.88 Å². The van der Waals surface area contributed by atoms with E-state index in [-0.39, 0.29) is 5.91 Å². The molecule has 0 radical (unpaired) electrons. The molecule has 1 N–H and O–H groups in total. The van der Waals surface area contributed by atoms with E-state index in [1.807, 2.05) is 11.9 Å². The number of piperidine rings is 1. The first-order valence-corrected chi connectivity index (χ1v) is 6.59. The van der Waals surface area contributed by atoms with Crippen LogP contribution in [0.15, 0.2) is 18.5 Å². The van der Waals surface area contributed by atoms with Gasteiger partial charge in [-0.3, -0.25) is 9.78 Å². The van der Waals surface area contributed by atoms with Gasteiger partial charge in [0.15, 0.2) is 0 Å². The second-order valence-electron chi connectivity index (χ2n) is 5.01. The van der Waals surface area contributed by atoms with Crippen LogP contribution in [0.3, 0.4) is 0 Å². The fourth-order valence-electron chi connectivity index (χ4n) is 2.74. The molecule has 18 heavy (non-hydrogen) atoms. The third kappa shape index (κ3) is 2.33. The molecule has 0 aliphatic carbocycles. The van der Waals surface area contributed by atoms with E-state index in [2.05, 4.69) is 24.1 Å². The lowest BCUT2D eigenvalue weighted by Gasteiger charge is -2.39. The molecular formula is C14H21N3O. The van der Waals surface area contributed by atoms with Crippen LogP contribution < -0.4 is 5.32 Å². The van der Waals surface area contributed by atoms with Crippen molar-refractivity contribution in [2.75, 3.05) is 12.4 Å². The second kappa shape index (κ2) is 5.38. The zero-order valence-electron chi connectivity index (χ0n) is 11.3. The maximum atomic E-state index is 12.7. The summed E-state index contributed by atoms with van der Waals surface area (Å²) in [4.78, 5) is 18.7. The Kier molecular flexibility index (Phi) is 3.84. The summed E-state index contributed by atoms with van der Waals surface area (Å²) in [6.45, 7) is 4.27. The number of likely N-dealkylation sites (tertiary alicyclic amines) is 1. The summed E-state index contributed by atoms with van der Waals surface area (Å²) in [5.74, 6) is 0.112. The average Bonchev–Trinajstić information content (AvgIpc) is 2.38. The molecule has 0 aromatic carbocycles. The molecule has 0 saturated carbocycles. The number of carbonyl (C=O) groups excluding carboxylic acids is 1. The van der Waals surface area contributed by atoms with Crippen molar-refractivity contribution in [3.63, 3.8) is 0 Å². The highest BCUT2D eigenvalue weighted by Crippen LogP contribution is 2.26. The molecule has 0 spiro atoms. The number of nitrogens with zero attached hydrogens (tertiary/aromatic N) is 2. The number of aromatic nitrogens is 1. The molecule has 1 amide bonds. The van der Waals surface area contributed by atoms with Crippen molar-refractivity contribution in [3.8, 4) is 0 Å². The molecule has 1 aromatic rings. The van der Waals surface area contributed by atoms with Crippen LogP contribution in [0.1, 0.15) is 43.5 Å². The maximum absolute atomic E-state index is 12.7. The van der Waals surface area contributed by atoms with Crippen LogP contribution in [-0.4, -0.2) is 34.9 Å². The molecule has 0 unspecified atom stereocenters. The van der Waals surface area contributed by atoms with Gasteiger partial charge in [-0.05, 0) is 39.2 Å². The lowest BCUT2D eigenvalue weighted by molar-refractivity contribution is 0.0511. The Hall–Kier alpha value is -1.58. The summed E-state index contributed by atoms with van der Waals surface area (Å²) in [7, 11) is 1.82. The summed E-state index contributed by atoms with van der Waals surface area (Å²) >= 11 is 0. The smallest absolute Gasteiger partial charge is 0.256 e. The van der Waals surface area contributed by atoms with Crippen LogP contribution in [0, 0.1) is 0 Å². The van der Waals surface area contributed by atoms with Gasteiger partial charge in [-0.15, -0.1) is 0 Å². The quantitative estimate of drug-likeness (QED) is 0.873. The molecule has 4 heteroatoms. The van der Waals surface area contributed by atoms with Crippen LogP contribution in [0.4, 0.5) is 5.69 Å². The van der Waals surface area contributed by atoms with Crippen molar-refractivity contribution < 1.29 is 4.79 Å². The van der Waals surface area contributed by atoms with E-state index < -0.39 is 0 Å². The number of rotatable bonds is 2. The van der Waals surface area contributed by atoms with Crippen LogP contribution >= 0.6 is 0 Å². The Labute approximate surface area is 108 Å². The van der Waals surface area contributed by atoms with Gasteiger partial charge in [0.2, 0.25) is 0 Å². The van der Waals surface area contributed by atoms with E-state index in [9.17, 15) is 4.79 Å². The lowest BCUT2D eigenvalue weighted by atomic mass is 9.96. The van der Waals surface area contributed by atoms with E-state index in [4.69, 9.17) is 0 Å². The standard InChI is InChI=1S/C14H21N3O/c1-10-5-4-6-11(2)17(10)14(18)12-7-8-16-9-13(12)15-3/h7-11,15H,4-6H2,1-3H3/t10-,11+. The van der Waals surface area contributed by atoms with E-state index in [1.165, 1.54) is 6.42 Å². The van der Waals surface area contributed by atoms with Gasteiger partial charge in [0.1, 0.15) is 0 Å². The van der Waals surface area contributed by atoms with E-state index >= 15 is 0 Å². The highest BCUT2D eigenvalue weighted by molar-refractivity contribution is 5.99. The molecule has 2 heterocycles. The van der Waals surface area contributed by atoms with Crippen LogP contribution in [-0.2, 0) is 0 Å². The van der Waals surface area contributed by atoms with Crippen LogP contribution in [0.2, 0.25) is 0 Å². The number of amides is 1. The van der Waals surface area contributed by atoms with E-state index in [0.29, 0.717) is 17.6 Å². The minimum absolute atomic E-state index is 0.112. The Balaban J connectivity index is 2.29. The van der Waals surface area contributed by atoms with Gasteiger partial charge in [0, 0.05) is 25.3 Å². The summed E-state index contributed by atoms with van der Waals surface area (Å²) < 4.78 is 0. The van der Waals surface area contributed by atoms with Crippen molar-refractivity contribution in [1.29, 1.82) is 0 Å². The maximum Gasteiger partial charge on any atom is 0.256 e. The monoisotopic (exact) mass is 247 g/mol.